The van der Waals surface area contributed by atoms with Gasteiger partial charge in [0.2, 0.25) is 0 Å². The molecule has 2 aromatic carbocycles. The summed E-state index contributed by atoms with van der Waals surface area (Å²) in [5.41, 5.74) is 0.431. The van der Waals surface area contributed by atoms with Crippen molar-refractivity contribution in [2.75, 3.05) is 7.11 Å². The second-order valence-corrected chi connectivity index (χ2v) is 9.75. The SMILES string of the molecule is COC(=O)C([C@H](CC(C)C)NC(=O)OCc1ccccc1)S(=O)(=O)c1ccc([N+](=O)[O-])cc1. The van der Waals surface area contributed by atoms with Gasteiger partial charge in [-0.3, -0.25) is 14.9 Å². The zero-order valence-electron chi connectivity index (χ0n) is 18.5. The molecule has 2 rings (SSSR count). The van der Waals surface area contributed by atoms with Gasteiger partial charge in [-0.05, 0) is 30.0 Å². The molecular formula is C22H26N2O8S. The van der Waals surface area contributed by atoms with Crippen molar-refractivity contribution in [3.8, 4) is 0 Å². The Morgan fingerprint density at radius 1 is 1.06 bits per heavy atom. The van der Waals surface area contributed by atoms with Crippen molar-refractivity contribution in [1.29, 1.82) is 0 Å². The number of nitrogens with zero attached hydrogens (tertiary/aromatic N) is 1. The van der Waals surface area contributed by atoms with E-state index in [4.69, 9.17) is 9.47 Å². The number of ether oxygens (including phenoxy) is 2. The van der Waals surface area contributed by atoms with Crippen LogP contribution in [0.4, 0.5) is 10.5 Å². The van der Waals surface area contributed by atoms with E-state index in [0.717, 1.165) is 36.9 Å². The number of hydrogen-bond acceptors (Lipinski definition) is 8. The summed E-state index contributed by atoms with van der Waals surface area (Å²) in [5, 5.41) is 11.6. The summed E-state index contributed by atoms with van der Waals surface area (Å²) in [7, 11) is -3.34. The molecule has 0 aliphatic heterocycles. The number of methoxy groups -OCH3 is 1. The fourth-order valence-electron chi connectivity index (χ4n) is 3.21. The van der Waals surface area contributed by atoms with Crippen LogP contribution in [0.25, 0.3) is 0 Å². The Morgan fingerprint density at radius 2 is 1.67 bits per heavy atom. The van der Waals surface area contributed by atoms with Crippen LogP contribution >= 0.6 is 0 Å². The second kappa shape index (κ2) is 11.4. The summed E-state index contributed by atoms with van der Waals surface area (Å²) < 4.78 is 36.6. The Hall–Kier alpha value is -3.47. The van der Waals surface area contributed by atoms with E-state index in [2.05, 4.69) is 5.32 Å². The van der Waals surface area contributed by atoms with Crippen molar-refractivity contribution >= 4 is 27.6 Å². The number of nitro benzene ring substituents is 1. The number of rotatable bonds is 10. The van der Waals surface area contributed by atoms with Gasteiger partial charge in [-0.2, -0.15) is 0 Å². The van der Waals surface area contributed by atoms with Crippen LogP contribution in [0.3, 0.4) is 0 Å². The van der Waals surface area contributed by atoms with Gasteiger partial charge in [0.1, 0.15) is 6.61 Å². The number of non-ortho nitro benzene ring substituents is 1. The highest BCUT2D eigenvalue weighted by molar-refractivity contribution is 7.92. The van der Waals surface area contributed by atoms with Crippen LogP contribution in [0.2, 0.25) is 0 Å². The smallest absolute Gasteiger partial charge is 0.407 e. The molecule has 1 amide bonds. The van der Waals surface area contributed by atoms with Crippen molar-refractivity contribution in [2.45, 2.75) is 43.1 Å². The predicted molar refractivity (Wildman–Crippen MR) is 119 cm³/mol. The quantitative estimate of drug-likeness (QED) is 0.311. The number of amides is 1. The lowest BCUT2D eigenvalue weighted by molar-refractivity contribution is -0.384. The first kappa shape index (κ1) is 25.8. The molecular weight excluding hydrogens is 452 g/mol. The molecule has 0 aliphatic rings. The molecule has 1 N–H and O–H groups in total. The maximum Gasteiger partial charge on any atom is 0.407 e. The number of carbonyl (C=O) groups excluding carboxylic acids is 2. The largest absolute Gasteiger partial charge is 0.468 e. The van der Waals surface area contributed by atoms with E-state index in [-0.39, 0.29) is 29.5 Å². The van der Waals surface area contributed by atoms with Gasteiger partial charge in [0.05, 0.1) is 23.0 Å². The molecule has 0 heterocycles. The van der Waals surface area contributed by atoms with Crippen molar-refractivity contribution in [2.24, 2.45) is 5.92 Å². The van der Waals surface area contributed by atoms with E-state index in [9.17, 15) is 28.1 Å². The molecule has 33 heavy (non-hydrogen) atoms. The highest BCUT2D eigenvalue weighted by Gasteiger charge is 2.43. The van der Waals surface area contributed by atoms with E-state index in [0.29, 0.717) is 0 Å². The number of alkyl carbamates (subject to hydrolysis) is 1. The van der Waals surface area contributed by atoms with E-state index < -0.39 is 38.1 Å². The monoisotopic (exact) mass is 478 g/mol. The van der Waals surface area contributed by atoms with E-state index in [1.807, 2.05) is 6.07 Å². The molecule has 0 aliphatic carbocycles. The van der Waals surface area contributed by atoms with Crippen molar-refractivity contribution in [3.63, 3.8) is 0 Å². The zero-order valence-corrected chi connectivity index (χ0v) is 19.3. The fraction of sp³-hybridized carbons (Fsp3) is 0.364. The third kappa shape index (κ3) is 7.01. The lowest BCUT2D eigenvalue weighted by Gasteiger charge is -2.27. The Labute approximate surface area is 192 Å². The van der Waals surface area contributed by atoms with Gasteiger partial charge in [0.25, 0.3) is 5.69 Å². The van der Waals surface area contributed by atoms with Crippen LogP contribution in [0.15, 0.2) is 59.5 Å². The number of carbonyl (C=O) groups is 2. The number of benzene rings is 2. The van der Waals surface area contributed by atoms with Crippen LogP contribution in [-0.2, 0) is 30.7 Å². The standard InChI is InChI=1S/C22H26N2O8S/c1-15(2)13-19(23-22(26)32-14-16-7-5-4-6-8-16)20(21(25)31-3)33(29,30)18-11-9-17(10-12-18)24(27)28/h4-12,15,19-20H,13-14H2,1-3H3,(H,23,26)/t19-,20?/m0/s1. The van der Waals surface area contributed by atoms with Crippen molar-refractivity contribution in [1.82, 2.24) is 5.32 Å². The number of nitro groups is 1. The number of sulfone groups is 1. The molecule has 0 fully saturated rings. The van der Waals surface area contributed by atoms with Gasteiger partial charge >= 0.3 is 12.1 Å². The Bertz CT molecular complexity index is 1070. The van der Waals surface area contributed by atoms with Gasteiger partial charge in [0, 0.05) is 12.1 Å². The van der Waals surface area contributed by atoms with E-state index >= 15 is 0 Å². The number of esters is 1. The summed E-state index contributed by atoms with van der Waals surface area (Å²) in [5.74, 6) is -1.16. The Morgan fingerprint density at radius 3 is 2.18 bits per heavy atom. The summed E-state index contributed by atoms with van der Waals surface area (Å²) >= 11 is 0. The molecule has 1 unspecified atom stereocenters. The minimum Gasteiger partial charge on any atom is -0.468 e. The molecule has 0 saturated carbocycles. The summed E-state index contributed by atoms with van der Waals surface area (Å²) in [6.07, 6.45) is -0.760. The maximum absolute atomic E-state index is 13.3. The minimum atomic E-state index is -4.38. The normalized spacial score (nSPS) is 13.1. The van der Waals surface area contributed by atoms with Crippen LogP contribution in [-0.4, -0.2) is 43.8 Å². The fourth-order valence-corrected chi connectivity index (χ4v) is 4.98. The molecule has 2 atom stereocenters. The maximum atomic E-state index is 13.3. The van der Waals surface area contributed by atoms with Gasteiger partial charge < -0.3 is 14.8 Å². The first-order valence-electron chi connectivity index (χ1n) is 10.1. The van der Waals surface area contributed by atoms with E-state index in [1.54, 1.807) is 38.1 Å². The molecule has 2 aromatic rings. The average Bonchev–Trinajstić information content (AvgIpc) is 2.77. The highest BCUT2D eigenvalue weighted by Crippen LogP contribution is 2.25. The van der Waals surface area contributed by atoms with Gasteiger partial charge in [0.15, 0.2) is 15.1 Å². The topological polar surface area (TPSA) is 142 Å². The molecule has 178 valence electrons. The van der Waals surface area contributed by atoms with Gasteiger partial charge in [-0.25, -0.2) is 13.2 Å². The molecule has 0 bridgehead atoms. The molecule has 11 heteroatoms. The zero-order chi connectivity index (χ0) is 24.6. The summed E-state index contributed by atoms with van der Waals surface area (Å²) in [4.78, 5) is 35.0. The predicted octanol–water partition coefficient (Wildman–Crippen LogP) is 3.25. The molecule has 10 nitrogen and oxygen atoms in total. The molecule has 0 aromatic heterocycles. The minimum absolute atomic E-state index is 0.0426. The molecule has 0 saturated heterocycles. The third-order valence-electron chi connectivity index (χ3n) is 4.75. The Balaban J connectivity index is 2.33. The van der Waals surface area contributed by atoms with Crippen LogP contribution in [0, 0.1) is 16.0 Å². The van der Waals surface area contributed by atoms with Crippen LogP contribution in [0.5, 0.6) is 0 Å². The van der Waals surface area contributed by atoms with E-state index in [1.165, 1.54) is 0 Å². The first-order valence-corrected chi connectivity index (χ1v) is 11.6. The average molecular weight is 479 g/mol. The number of nitrogens with one attached hydrogen (secondary N) is 1. The second-order valence-electron chi connectivity index (χ2n) is 7.68. The third-order valence-corrected chi connectivity index (χ3v) is 6.87. The highest BCUT2D eigenvalue weighted by atomic mass is 32.2. The van der Waals surface area contributed by atoms with Gasteiger partial charge in [-0.15, -0.1) is 0 Å². The summed E-state index contributed by atoms with van der Waals surface area (Å²) in [6.45, 7) is 3.56. The summed E-state index contributed by atoms with van der Waals surface area (Å²) in [6, 6.07) is 11.9. The first-order chi connectivity index (χ1) is 15.6. The molecule has 0 spiro atoms. The lowest BCUT2D eigenvalue weighted by Crippen LogP contribution is -2.51. The van der Waals surface area contributed by atoms with Crippen LogP contribution in [0.1, 0.15) is 25.8 Å². The van der Waals surface area contributed by atoms with Gasteiger partial charge in [-0.1, -0.05) is 44.2 Å². The lowest BCUT2D eigenvalue weighted by atomic mass is 10.0. The van der Waals surface area contributed by atoms with Crippen molar-refractivity contribution < 1.29 is 32.4 Å². The van der Waals surface area contributed by atoms with Crippen molar-refractivity contribution in [3.05, 3.63) is 70.3 Å². The molecule has 0 radical (unpaired) electrons. The van der Waals surface area contributed by atoms with Crippen LogP contribution < -0.4 is 5.32 Å². The number of hydrogen-bond donors (Lipinski definition) is 1. The Kier molecular flexibility index (Phi) is 8.92.